The van der Waals surface area contributed by atoms with Crippen molar-refractivity contribution in [2.45, 2.75) is 25.8 Å². The molecule has 1 aliphatic rings. The molecule has 0 bridgehead atoms. The summed E-state index contributed by atoms with van der Waals surface area (Å²) in [6.07, 6.45) is 10.8. The predicted octanol–water partition coefficient (Wildman–Crippen LogP) is 3.76. The fourth-order valence-corrected chi connectivity index (χ4v) is 4.43. The number of anilines is 1. The number of fused-ring (bicyclic) bond motifs is 1. The van der Waals surface area contributed by atoms with Crippen LogP contribution in [0.15, 0.2) is 73.6 Å². The van der Waals surface area contributed by atoms with Crippen LogP contribution in [-0.2, 0) is 11.3 Å². The quantitative estimate of drug-likeness (QED) is 0.479. The third kappa shape index (κ3) is 5.11. The lowest BCUT2D eigenvalue weighted by atomic mass is 9.92. The Labute approximate surface area is 197 Å². The molecule has 2 aromatic heterocycles. The molecule has 8 nitrogen and oxygen atoms in total. The van der Waals surface area contributed by atoms with E-state index in [2.05, 4.69) is 20.3 Å². The van der Waals surface area contributed by atoms with Crippen molar-refractivity contribution in [2.75, 3.05) is 18.4 Å². The summed E-state index contributed by atoms with van der Waals surface area (Å²) in [7, 11) is 0. The number of rotatable bonds is 6. The van der Waals surface area contributed by atoms with Gasteiger partial charge in [-0.15, -0.1) is 0 Å². The van der Waals surface area contributed by atoms with E-state index in [0.717, 1.165) is 35.1 Å². The molecule has 4 aromatic rings. The van der Waals surface area contributed by atoms with E-state index < -0.39 is 0 Å². The van der Waals surface area contributed by atoms with Gasteiger partial charge in [0.1, 0.15) is 0 Å². The van der Waals surface area contributed by atoms with Gasteiger partial charge in [-0.05, 0) is 54.7 Å². The maximum absolute atomic E-state index is 13.0. The van der Waals surface area contributed by atoms with Crippen molar-refractivity contribution in [2.24, 2.45) is 5.92 Å². The van der Waals surface area contributed by atoms with Crippen LogP contribution < -0.4 is 5.32 Å². The van der Waals surface area contributed by atoms with E-state index in [1.54, 1.807) is 24.9 Å². The molecular formula is C26H26N6O2. The van der Waals surface area contributed by atoms with Crippen LogP contribution >= 0.6 is 0 Å². The van der Waals surface area contributed by atoms with Gasteiger partial charge in [-0.3, -0.25) is 19.6 Å². The van der Waals surface area contributed by atoms with Crippen molar-refractivity contribution >= 4 is 28.5 Å². The summed E-state index contributed by atoms with van der Waals surface area (Å²) in [4.78, 5) is 40.1. The monoisotopic (exact) mass is 454 g/mol. The number of aromatic nitrogens is 4. The van der Waals surface area contributed by atoms with Crippen LogP contribution in [-0.4, -0.2) is 49.3 Å². The summed E-state index contributed by atoms with van der Waals surface area (Å²) < 4.78 is 1.98. The Bertz CT molecular complexity index is 1300. The molecule has 5 rings (SSSR count). The highest BCUT2D eigenvalue weighted by molar-refractivity contribution is 5.95. The molecule has 3 heterocycles. The first-order valence-corrected chi connectivity index (χ1v) is 11.5. The average molecular weight is 455 g/mol. The van der Waals surface area contributed by atoms with Gasteiger partial charge >= 0.3 is 0 Å². The second-order valence-electron chi connectivity index (χ2n) is 8.68. The molecule has 0 saturated carbocycles. The van der Waals surface area contributed by atoms with Gasteiger partial charge in [0.15, 0.2) is 0 Å². The molecule has 1 saturated heterocycles. The third-order valence-electron chi connectivity index (χ3n) is 6.23. The normalized spacial score (nSPS) is 14.3. The van der Waals surface area contributed by atoms with Gasteiger partial charge in [0, 0.05) is 62.1 Å². The number of piperidine rings is 1. The maximum Gasteiger partial charge on any atom is 0.253 e. The molecule has 0 unspecified atom stereocenters. The van der Waals surface area contributed by atoms with Crippen molar-refractivity contribution in [3.8, 4) is 0 Å². The summed E-state index contributed by atoms with van der Waals surface area (Å²) in [6.45, 7) is 2.00. The van der Waals surface area contributed by atoms with Gasteiger partial charge in [0.2, 0.25) is 5.91 Å². The van der Waals surface area contributed by atoms with Crippen LogP contribution in [0, 0.1) is 5.92 Å². The molecule has 0 aliphatic carbocycles. The molecule has 34 heavy (non-hydrogen) atoms. The van der Waals surface area contributed by atoms with Crippen molar-refractivity contribution in [1.29, 1.82) is 0 Å². The Hall–Kier alpha value is -4.07. The van der Waals surface area contributed by atoms with Crippen LogP contribution in [0.25, 0.3) is 11.0 Å². The van der Waals surface area contributed by atoms with E-state index in [1.165, 1.54) is 0 Å². The van der Waals surface area contributed by atoms with Crippen LogP contribution in [0.4, 0.5) is 5.69 Å². The van der Waals surface area contributed by atoms with E-state index in [4.69, 9.17) is 0 Å². The first-order chi connectivity index (χ1) is 16.6. The zero-order chi connectivity index (χ0) is 23.3. The minimum atomic E-state index is -0.0137. The highest BCUT2D eigenvalue weighted by Crippen LogP contribution is 2.23. The van der Waals surface area contributed by atoms with E-state index in [0.29, 0.717) is 31.6 Å². The number of imidazole rings is 1. The average Bonchev–Trinajstić information content (AvgIpc) is 3.37. The molecule has 2 aromatic carbocycles. The van der Waals surface area contributed by atoms with Crippen LogP contribution in [0.1, 0.15) is 35.2 Å². The van der Waals surface area contributed by atoms with Gasteiger partial charge in [-0.2, -0.15) is 0 Å². The number of nitrogens with one attached hydrogen (secondary N) is 1. The summed E-state index contributed by atoms with van der Waals surface area (Å²) in [5.41, 5.74) is 4.04. The summed E-state index contributed by atoms with van der Waals surface area (Å²) in [5.74, 6) is 0.296. The van der Waals surface area contributed by atoms with E-state index in [-0.39, 0.29) is 17.7 Å². The van der Waals surface area contributed by atoms with Gasteiger partial charge in [-0.1, -0.05) is 12.1 Å². The Balaban J connectivity index is 1.13. The smallest absolute Gasteiger partial charge is 0.253 e. The van der Waals surface area contributed by atoms with Crippen molar-refractivity contribution < 1.29 is 9.59 Å². The summed E-state index contributed by atoms with van der Waals surface area (Å²) in [5, 5.41) is 2.97. The lowest BCUT2D eigenvalue weighted by Crippen LogP contribution is -2.39. The number of carbonyl (C=O) groups excluding carboxylic acids is 2. The van der Waals surface area contributed by atoms with Crippen molar-refractivity contribution in [3.63, 3.8) is 0 Å². The standard InChI is InChI=1S/C26H26N6O2/c33-25(30-22-4-5-23-24(16-22)29-9-8-28-23)15-19-6-11-32(12-7-19)26(34)21-3-1-2-20(14-21)17-31-13-10-27-18-31/h1-5,8-10,13-14,16,18-19H,6-7,11-12,15,17H2,(H,30,33). The zero-order valence-electron chi connectivity index (χ0n) is 18.8. The second kappa shape index (κ2) is 9.82. The fourth-order valence-electron chi connectivity index (χ4n) is 4.43. The van der Waals surface area contributed by atoms with Gasteiger partial charge in [0.05, 0.1) is 17.4 Å². The molecule has 0 atom stereocenters. The van der Waals surface area contributed by atoms with Crippen molar-refractivity contribution in [3.05, 3.63) is 84.7 Å². The van der Waals surface area contributed by atoms with Gasteiger partial charge in [-0.25, -0.2) is 4.98 Å². The summed E-state index contributed by atoms with van der Waals surface area (Å²) in [6, 6.07) is 13.3. The molecule has 8 heteroatoms. The minimum absolute atomic E-state index is 0.0137. The number of carbonyl (C=O) groups is 2. The van der Waals surface area contributed by atoms with E-state index in [1.807, 2.05) is 58.1 Å². The summed E-state index contributed by atoms with van der Waals surface area (Å²) >= 11 is 0. The molecule has 1 fully saturated rings. The molecule has 0 radical (unpaired) electrons. The highest BCUT2D eigenvalue weighted by atomic mass is 16.2. The first-order valence-electron chi connectivity index (χ1n) is 11.5. The largest absolute Gasteiger partial charge is 0.339 e. The van der Waals surface area contributed by atoms with E-state index >= 15 is 0 Å². The fraction of sp³-hybridized carbons (Fsp3) is 0.269. The number of amides is 2. The van der Waals surface area contributed by atoms with Gasteiger partial charge < -0.3 is 14.8 Å². The predicted molar refractivity (Wildman–Crippen MR) is 129 cm³/mol. The van der Waals surface area contributed by atoms with Crippen molar-refractivity contribution in [1.82, 2.24) is 24.4 Å². The number of hydrogen-bond acceptors (Lipinski definition) is 5. The molecule has 1 N–H and O–H groups in total. The number of benzene rings is 2. The highest BCUT2D eigenvalue weighted by Gasteiger charge is 2.25. The zero-order valence-corrected chi connectivity index (χ0v) is 18.8. The molecule has 1 aliphatic heterocycles. The van der Waals surface area contributed by atoms with Crippen LogP contribution in [0.5, 0.6) is 0 Å². The Morgan fingerprint density at radius 2 is 1.79 bits per heavy atom. The lowest BCUT2D eigenvalue weighted by Gasteiger charge is -2.32. The molecular weight excluding hydrogens is 428 g/mol. The molecule has 172 valence electrons. The molecule has 0 spiro atoms. The second-order valence-corrected chi connectivity index (χ2v) is 8.68. The molecule has 2 amide bonds. The van der Waals surface area contributed by atoms with Crippen LogP contribution in [0.3, 0.4) is 0 Å². The number of likely N-dealkylation sites (tertiary alicyclic amines) is 1. The van der Waals surface area contributed by atoms with Crippen LogP contribution in [0.2, 0.25) is 0 Å². The topological polar surface area (TPSA) is 93.0 Å². The third-order valence-corrected chi connectivity index (χ3v) is 6.23. The minimum Gasteiger partial charge on any atom is -0.339 e. The lowest BCUT2D eigenvalue weighted by molar-refractivity contribution is -0.117. The SMILES string of the molecule is O=C(CC1CCN(C(=O)c2cccc(Cn3ccnc3)c2)CC1)Nc1ccc2nccnc2c1. The van der Waals surface area contributed by atoms with Gasteiger partial charge in [0.25, 0.3) is 5.91 Å². The Morgan fingerprint density at radius 3 is 2.59 bits per heavy atom. The number of hydrogen-bond donors (Lipinski definition) is 1. The Kier molecular flexibility index (Phi) is 6.29. The van der Waals surface area contributed by atoms with E-state index in [9.17, 15) is 9.59 Å². The Morgan fingerprint density at radius 1 is 0.971 bits per heavy atom. The maximum atomic E-state index is 13.0. The first kappa shape index (κ1) is 21.8. The number of nitrogens with zero attached hydrogens (tertiary/aromatic N) is 5.